The number of hydrogen-bond donors (Lipinski definition) is 1. The molecule has 0 aliphatic heterocycles. The van der Waals surface area contributed by atoms with Gasteiger partial charge in [0.05, 0.1) is 10.2 Å². The van der Waals surface area contributed by atoms with Gasteiger partial charge < -0.3 is 0 Å². The van der Waals surface area contributed by atoms with Crippen molar-refractivity contribution in [1.82, 2.24) is 4.98 Å². The third kappa shape index (κ3) is 2.55. The van der Waals surface area contributed by atoms with Crippen molar-refractivity contribution < 1.29 is 4.79 Å². The van der Waals surface area contributed by atoms with E-state index in [1.807, 2.05) is 50.2 Å². The van der Waals surface area contributed by atoms with E-state index in [0.717, 1.165) is 15.8 Å². The van der Waals surface area contributed by atoms with Crippen LogP contribution in [0.4, 0.5) is 5.13 Å². The number of hydrogen-bond acceptors (Lipinski definition) is 3. The number of carbonyl (C=O) groups excluding carboxylic acids is 1. The van der Waals surface area contributed by atoms with Crippen LogP contribution in [-0.4, -0.2) is 10.9 Å². The van der Waals surface area contributed by atoms with Crippen LogP contribution in [0.5, 0.6) is 0 Å². The summed E-state index contributed by atoms with van der Waals surface area (Å²) in [4.78, 5) is 17.0. The van der Waals surface area contributed by atoms with E-state index in [4.69, 9.17) is 0 Å². The molecule has 118 valence electrons. The van der Waals surface area contributed by atoms with Gasteiger partial charge in [-0.2, -0.15) is 0 Å². The van der Waals surface area contributed by atoms with Gasteiger partial charge in [0.1, 0.15) is 0 Å². The van der Waals surface area contributed by atoms with E-state index in [2.05, 4.69) is 28.5 Å². The second-order valence-electron chi connectivity index (χ2n) is 5.91. The van der Waals surface area contributed by atoms with Crippen molar-refractivity contribution in [3.8, 4) is 0 Å². The Bertz CT molecular complexity index is 1080. The van der Waals surface area contributed by atoms with Crippen LogP contribution in [0.2, 0.25) is 0 Å². The van der Waals surface area contributed by atoms with Gasteiger partial charge in [-0.3, -0.25) is 10.1 Å². The van der Waals surface area contributed by atoms with Gasteiger partial charge in [-0.25, -0.2) is 4.98 Å². The number of thiazole rings is 1. The first-order valence-corrected chi connectivity index (χ1v) is 8.60. The molecule has 0 atom stereocenters. The van der Waals surface area contributed by atoms with Crippen molar-refractivity contribution in [2.75, 3.05) is 5.32 Å². The molecule has 3 aromatic carbocycles. The number of aryl methyl sites for hydroxylation is 2. The van der Waals surface area contributed by atoms with E-state index in [0.29, 0.717) is 10.7 Å². The Morgan fingerprint density at radius 3 is 2.67 bits per heavy atom. The monoisotopic (exact) mass is 332 g/mol. The quantitative estimate of drug-likeness (QED) is 0.540. The van der Waals surface area contributed by atoms with E-state index < -0.39 is 0 Å². The molecule has 4 aromatic rings. The van der Waals surface area contributed by atoms with Crippen molar-refractivity contribution in [3.63, 3.8) is 0 Å². The summed E-state index contributed by atoms with van der Waals surface area (Å²) in [6.07, 6.45) is 0. The maximum Gasteiger partial charge on any atom is 0.257 e. The second-order valence-corrected chi connectivity index (χ2v) is 6.91. The van der Waals surface area contributed by atoms with Crippen LogP contribution in [0.25, 0.3) is 21.0 Å². The van der Waals surface area contributed by atoms with Gasteiger partial charge in [-0.1, -0.05) is 47.7 Å². The zero-order chi connectivity index (χ0) is 16.7. The van der Waals surface area contributed by atoms with Crippen LogP contribution in [0.1, 0.15) is 21.5 Å². The molecule has 3 nitrogen and oxygen atoms in total. The summed E-state index contributed by atoms with van der Waals surface area (Å²) in [5.41, 5.74) is 3.85. The van der Waals surface area contributed by atoms with E-state index in [1.165, 1.54) is 27.7 Å². The van der Waals surface area contributed by atoms with E-state index in [9.17, 15) is 4.79 Å². The molecule has 0 bridgehead atoms. The van der Waals surface area contributed by atoms with Crippen LogP contribution in [0, 0.1) is 13.8 Å². The number of aromatic nitrogens is 1. The number of carbonyl (C=O) groups is 1. The molecule has 0 radical (unpaired) electrons. The van der Waals surface area contributed by atoms with Gasteiger partial charge in [0.15, 0.2) is 5.13 Å². The summed E-state index contributed by atoms with van der Waals surface area (Å²) >= 11 is 1.51. The highest BCUT2D eigenvalue weighted by Crippen LogP contribution is 2.32. The number of nitrogens with one attached hydrogen (secondary N) is 1. The molecule has 0 saturated carbocycles. The first kappa shape index (κ1) is 14.8. The highest BCUT2D eigenvalue weighted by atomic mass is 32.1. The van der Waals surface area contributed by atoms with E-state index in [-0.39, 0.29) is 5.91 Å². The normalized spacial score (nSPS) is 11.1. The fraction of sp³-hybridized carbons (Fsp3) is 0.100. The van der Waals surface area contributed by atoms with E-state index >= 15 is 0 Å². The van der Waals surface area contributed by atoms with Crippen molar-refractivity contribution >= 4 is 43.4 Å². The summed E-state index contributed by atoms with van der Waals surface area (Å²) in [5, 5.41) is 5.90. The molecule has 1 aromatic heterocycles. The van der Waals surface area contributed by atoms with Crippen molar-refractivity contribution in [3.05, 3.63) is 71.3 Å². The Morgan fingerprint density at radius 2 is 1.83 bits per heavy atom. The Hall–Kier alpha value is -2.72. The number of benzene rings is 3. The topological polar surface area (TPSA) is 42.0 Å². The average Bonchev–Trinajstić information content (AvgIpc) is 3.00. The lowest BCUT2D eigenvalue weighted by Crippen LogP contribution is -2.11. The number of amides is 1. The molecule has 0 saturated heterocycles. The molecule has 0 aliphatic rings. The van der Waals surface area contributed by atoms with Crippen LogP contribution < -0.4 is 5.32 Å². The van der Waals surface area contributed by atoms with Gasteiger partial charge in [-0.15, -0.1) is 0 Å². The molecule has 0 aliphatic carbocycles. The maximum atomic E-state index is 12.5. The SMILES string of the molecule is Cc1ccc(C(=O)Nc2nc3ccc4ccccc4c3s2)cc1C. The number of fused-ring (bicyclic) bond motifs is 3. The van der Waals surface area contributed by atoms with Crippen molar-refractivity contribution in [2.24, 2.45) is 0 Å². The Kier molecular flexibility index (Phi) is 3.54. The van der Waals surface area contributed by atoms with Crippen LogP contribution in [0.15, 0.2) is 54.6 Å². The molecule has 4 heteroatoms. The number of nitrogens with zero attached hydrogens (tertiary/aromatic N) is 1. The van der Waals surface area contributed by atoms with Crippen LogP contribution in [0.3, 0.4) is 0 Å². The Balaban J connectivity index is 1.70. The first-order chi connectivity index (χ1) is 11.6. The van der Waals surface area contributed by atoms with Crippen LogP contribution >= 0.6 is 11.3 Å². The van der Waals surface area contributed by atoms with Crippen molar-refractivity contribution in [2.45, 2.75) is 13.8 Å². The Morgan fingerprint density at radius 1 is 1.00 bits per heavy atom. The summed E-state index contributed by atoms with van der Waals surface area (Å²) in [6.45, 7) is 4.05. The van der Waals surface area contributed by atoms with Gasteiger partial charge in [0.25, 0.3) is 5.91 Å². The van der Waals surface area contributed by atoms with Gasteiger partial charge >= 0.3 is 0 Å². The fourth-order valence-electron chi connectivity index (χ4n) is 2.76. The highest BCUT2D eigenvalue weighted by molar-refractivity contribution is 7.23. The molecule has 1 heterocycles. The fourth-order valence-corrected chi connectivity index (χ4v) is 3.76. The summed E-state index contributed by atoms with van der Waals surface area (Å²) < 4.78 is 1.10. The van der Waals surface area contributed by atoms with Gasteiger partial charge in [0, 0.05) is 10.9 Å². The summed E-state index contributed by atoms with van der Waals surface area (Å²) in [7, 11) is 0. The summed E-state index contributed by atoms with van der Waals surface area (Å²) in [5.74, 6) is -0.124. The largest absolute Gasteiger partial charge is 0.298 e. The highest BCUT2D eigenvalue weighted by Gasteiger charge is 2.12. The lowest BCUT2D eigenvalue weighted by atomic mass is 10.1. The molecule has 4 rings (SSSR count). The number of rotatable bonds is 2. The maximum absolute atomic E-state index is 12.5. The predicted octanol–water partition coefficient (Wildman–Crippen LogP) is 5.32. The second kappa shape index (κ2) is 5.73. The minimum Gasteiger partial charge on any atom is -0.298 e. The minimum atomic E-state index is -0.124. The molecular weight excluding hydrogens is 316 g/mol. The lowest BCUT2D eigenvalue weighted by molar-refractivity contribution is 0.102. The molecule has 0 spiro atoms. The van der Waals surface area contributed by atoms with Gasteiger partial charge in [0.2, 0.25) is 0 Å². The van der Waals surface area contributed by atoms with Crippen LogP contribution in [-0.2, 0) is 0 Å². The third-order valence-electron chi connectivity index (χ3n) is 4.27. The zero-order valence-corrected chi connectivity index (χ0v) is 14.3. The summed E-state index contributed by atoms with van der Waals surface area (Å²) in [6, 6.07) is 18.0. The predicted molar refractivity (Wildman–Crippen MR) is 101 cm³/mol. The lowest BCUT2D eigenvalue weighted by Gasteiger charge is -2.04. The standard InChI is InChI=1S/C20H16N2OS/c1-12-7-8-15(11-13(12)2)19(23)22-20-21-17-10-9-14-5-3-4-6-16(14)18(17)24-20/h3-11H,1-2H3,(H,21,22,23). The Labute approximate surface area is 144 Å². The number of anilines is 1. The minimum absolute atomic E-state index is 0.124. The molecule has 1 amide bonds. The molecule has 1 N–H and O–H groups in total. The van der Waals surface area contributed by atoms with Gasteiger partial charge in [-0.05, 0) is 48.6 Å². The first-order valence-electron chi connectivity index (χ1n) is 7.79. The molecular formula is C20H16N2OS. The average molecular weight is 332 g/mol. The molecule has 24 heavy (non-hydrogen) atoms. The van der Waals surface area contributed by atoms with Crippen molar-refractivity contribution in [1.29, 1.82) is 0 Å². The molecule has 0 unspecified atom stereocenters. The molecule has 0 fully saturated rings. The zero-order valence-electron chi connectivity index (χ0n) is 13.5. The van der Waals surface area contributed by atoms with E-state index in [1.54, 1.807) is 0 Å². The smallest absolute Gasteiger partial charge is 0.257 e. The third-order valence-corrected chi connectivity index (χ3v) is 5.29.